The molecule has 1 aromatic heterocycles. The minimum absolute atomic E-state index is 0.0992. The number of H-pyrrole nitrogens is 1. The number of fused-ring (bicyclic) bond motifs is 1. The second-order valence-corrected chi connectivity index (χ2v) is 8.89. The molecule has 152 valence electrons. The van der Waals surface area contributed by atoms with Crippen LogP contribution in [0.25, 0.3) is 22.4 Å². The van der Waals surface area contributed by atoms with Crippen molar-refractivity contribution < 1.29 is 4.79 Å². The topological polar surface area (TPSA) is 57.8 Å². The predicted molar refractivity (Wildman–Crippen MR) is 123 cm³/mol. The average Bonchev–Trinajstić information content (AvgIpc) is 3.15. The van der Waals surface area contributed by atoms with Gasteiger partial charge in [-0.15, -0.1) is 0 Å². The first-order valence-corrected chi connectivity index (χ1v) is 10.3. The molecule has 30 heavy (non-hydrogen) atoms. The van der Waals surface area contributed by atoms with Crippen LogP contribution in [0.4, 0.5) is 0 Å². The van der Waals surface area contributed by atoms with Gasteiger partial charge in [-0.05, 0) is 46.9 Å². The van der Waals surface area contributed by atoms with Crippen LogP contribution in [0.1, 0.15) is 42.3 Å². The van der Waals surface area contributed by atoms with Gasteiger partial charge in [0.15, 0.2) is 0 Å². The number of halogens is 1. The van der Waals surface area contributed by atoms with Gasteiger partial charge in [-0.2, -0.15) is 0 Å². The van der Waals surface area contributed by atoms with E-state index in [1.165, 1.54) is 5.56 Å². The minimum atomic E-state index is -0.0992. The minimum Gasteiger partial charge on any atom is -0.348 e. The van der Waals surface area contributed by atoms with Crippen molar-refractivity contribution >= 4 is 28.5 Å². The second kappa shape index (κ2) is 7.96. The molecule has 4 nitrogen and oxygen atoms in total. The van der Waals surface area contributed by atoms with E-state index in [-0.39, 0.29) is 11.3 Å². The van der Waals surface area contributed by atoms with Gasteiger partial charge in [0.1, 0.15) is 5.82 Å². The van der Waals surface area contributed by atoms with E-state index < -0.39 is 0 Å². The molecular weight excluding hydrogens is 394 g/mol. The van der Waals surface area contributed by atoms with E-state index in [0.717, 1.165) is 28.0 Å². The zero-order chi connectivity index (χ0) is 21.3. The van der Waals surface area contributed by atoms with Crippen molar-refractivity contribution in [1.29, 1.82) is 0 Å². The molecule has 0 aliphatic rings. The lowest BCUT2D eigenvalue weighted by Crippen LogP contribution is -2.22. The van der Waals surface area contributed by atoms with Crippen molar-refractivity contribution in [2.45, 2.75) is 32.7 Å². The summed E-state index contributed by atoms with van der Waals surface area (Å²) in [7, 11) is 0. The molecule has 0 saturated heterocycles. The number of nitrogens with one attached hydrogen (secondary N) is 2. The maximum Gasteiger partial charge on any atom is 0.251 e. The van der Waals surface area contributed by atoms with Gasteiger partial charge >= 0.3 is 0 Å². The normalized spacial score (nSPS) is 11.6. The molecule has 0 spiro atoms. The molecule has 4 rings (SSSR count). The monoisotopic (exact) mass is 417 g/mol. The number of amides is 1. The lowest BCUT2D eigenvalue weighted by molar-refractivity contribution is 0.0951. The molecule has 2 N–H and O–H groups in total. The quantitative estimate of drug-likeness (QED) is 0.420. The molecule has 3 aromatic carbocycles. The Balaban J connectivity index is 1.42. The first kappa shape index (κ1) is 20.2. The van der Waals surface area contributed by atoms with E-state index in [1.807, 2.05) is 42.5 Å². The molecule has 0 radical (unpaired) electrons. The van der Waals surface area contributed by atoms with Gasteiger partial charge in [0.2, 0.25) is 0 Å². The highest BCUT2D eigenvalue weighted by molar-refractivity contribution is 6.31. The Bertz CT molecular complexity index is 1190. The number of aromatic nitrogens is 2. The Labute approximate surface area is 181 Å². The molecule has 0 fully saturated rings. The Morgan fingerprint density at radius 3 is 2.37 bits per heavy atom. The van der Waals surface area contributed by atoms with Crippen molar-refractivity contribution in [3.8, 4) is 11.4 Å². The van der Waals surface area contributed by atoms with Crippen molar-refractivity contribution in [2.24, 2.45) is 0 Å². The van der Waals surface area contributed by atoms with Crippen LogP contribution in [0, 0.1) is 0 Å². The largest absolute Gasteiger partial charge is 0.348 e. The summed E-state index contributed by atoms with van der Waals surface area (Å²) >= 11 is 6.04. The van der Waals surface area contributed by atoms with E-state index in [1.54, 1.807) is 0 Å². The summed E-state index contributed by atoms with van der Waals surface area (Å²) in [5.74, 6) is 0.649. The van der Waals surface area contributed by atoms with E-state index in [2.05, 4.69) is 60.3 Å². The number of hydrogen-bond acceptors (Lipinski definition) is 2. The SMILES string of the molecule is CC(C)(C)c1ccc(CNC(=O)c2ccc(-c3nc4ccc(Cl)cc4[nH]3)cc2)cc1. The van der Waals surface area contributed by atoms with Gasteiger partial charge in [0.25, 0.3) is 5.91 Å². The van der Waals surface area contributed by atoms with E-state index in [9.17, 15) is 4.79 Å². The molecule has 0 bridgehead atoms. The molecule has 1 heterocycles. The fourth-order valence-electron chi connectivity index (χ4n) is 3.31. The van der Waals surface area contributed by atoms with Gasteiger partial charge in [-0.3, -0.25) is 4.79 Å². The molecule has 0 aliphatic heterocycles. The fourth-order valence-corrected chi connectivity index (χ4v) is 3.48. The fraction of sp³-hybridized carbons (Fsp3) is 0.200. The molecule has 4 aromatic rings. The van der Waals surface area contributed by atoms with Crippen molar-refractivity contribution in [3.05, 3.63) is 88.4 Å². The van der Waals surface area contributed by atoms with Crippen LogP contribution < -0.4 is 5.32 Å². The van der Waals surface area contributed by atoms with E-state index in [0.29, 0.717) is 17.1 Å². The third kappa shape index (κ3) is 4.39. The summed E-state index contributed by atoms with van der Waals surface area (Å²) in [6.45, 7) is 7.06. The van der Waals surface area contributed by atoms with Crippen molar-refractivity contribution in [1.82, 2.24) is 15.3 Å². The highest BCUT2D eigenvalue weighted by Crippen LogP contribution is 2.24. The van der Waals surface area contributed by atoms with Crippen molar-refractivity contribution in [2.75, 3.05) is 0 Å². The van der Waals surface area contributed by atoms with Crippen LogP contribution in [-0.2, 0) is 12.0 Å². The smallest absolute Gasteiger partial charge is 0.251 e. The average molecular weight is 418 g/mol. The molecule has 0 aliphatic carbocycles. The Hall–Kier alpha value is -3.11. The summed E-state index contributed by atoms with van der Waals surface area (Å²) in [6.07, 6.45) is 0. The number of aromatic amines is 1. The molecule has 1 amide bonds. The maximum atomic E-state index is 12.5. The first-order chi connectivity index (χ1) is 14.3. The van der Waals surface area contributed by atoms with Crippen LogP contribution in [0.2, 0.25) is 5.02 Å². The lowest BCUT2D eigenvalue weighted by Gasteiger charge is -2.19. The van der Waals surface area contributed by atoms with Crippen LogP contribution in [0.5, 0.6) is 0 Å². The third-order valence-corrected chi connectivity index (χ3v) is 5.37. The Kier molecular flexibility index (Phi) is 5.35. The van der Waals surface area contributed by atoms with Crippen molar-refractivity contribution in [3.63, 3.8) is 0 Å². The number of rotatable bonds is 4. The molecule has 5 heteroatoms. The summed E-state index contributed by atoms with van der Waals surface area (Å²) in [4.78, 5) is 20.4. The highest BCUT2D eigenvalue weighted by Gasteiger charge is 2.13. The highest BCUT2D eigenvalue weighted by atomic mass is 35.5. The van der Waals surface area contributed by atoms with Crippen LogP contribution in [0.3, 0.4) is 0 Å². The third-order valence-electron chi connectivity index (χ3n) is 5.14. The van der Waals surface area contributed by atoms with Gasteiger partial charge < -0.3 is 10.3 Å². The van der Waals surface area contributed by atoms with Gasteiger partial charge in [0, 0.05) is 22.7 Å². The van der Waals surface area contributed by atoms with E-state index in [4.69, 9.17) is 11.6 Å². The summed E-state index contributed by atoms with van der Waals surface area (Å²) in [5, 5.41) is 3.65. The number of carbonyl (C=O) groups is 1. The predicted octanol–water partition coefficient (Wildman–Crippen LogP) is 6.11. The number of benzene rings is 3. The first-order valence-electron chi connectivity index (χ1n) is 9.93. The number of imidazole rings is 1. The molecule has 0 saturated carbocycles. The van der Waals surface area contributed by atoms with Crippen LogP contribution >= 0.6 is 11.6 Å². The summed E-state index contributed by atoms with van der Waals surface area (Å²) in [6, 6.07) is 21.3. The number of carbonyl (C=O) groups excluding carboxylic acids is 1. The molecule has 0 atom stereocenters. The zero-order valence-corrected chi connectivity index (χ0v) is 18.0. The van der Waals surface area contributed by atoms with Gasteiger partial charge in [-0.25, -0.2) is 4.98 Å². The number of nitrogens with zero attached hydrogens (tertiary/aromatic N) is 1. The molecular formula is C25H24ClN3O. The summed E-state index contributed by atoms with van der Waals surface area (Å²) in [5.41, 5.74) is 5.75. The van der Waals surface area contributed by atoms with Crippen LogP contribution in [0.15, 0.2) is 66.7 Å². The van der Waals surface area contributed by atoms with Crippen LogP contribution in [-0.4, -0.2) is 15.9 Å². The lowest BCUT2D eigenvalue weighted by atomic mass is 9.87. The van der Waals surface area contributed by atoms with E-state index >= 15 is 0 Å². The molecule has 0 unspecified atom stereocenters. The van der Waals surface area contributed by atoms with Gasteiger partial charge in [-0.1, -0.05) is 68.8 Å². The van der Waals surface area contributed by atoms with Gasteiger partial charge in [0.05, 0.1) is 11.0 Å². The standard InChI is InChI=1S/C25H24ClN3O/c1-25(2,3)19-10-4-16(5-11-19)15-27-24(30)18-8-6-17(7-9-18)23-28-21-13-12-20(26)14-22(21)29-23/h4-14H,15H2,1-3H3,(H,27,30)(H,28,29). The number of hydrogen-bond donors (Lipinski definition) is 2. The zero-order valence-electron chi connectivity index (χ0n) is 17.3. The maximum absolute atomic E-state index is 12.5. The summed E-state index contributed by atoms with van der Waals surface area (Å²) < 4.78 is 0. The second-order valence-electron chi connectivity index (χ2n) is 8.45. The Morgan fingerprint density at radius 2 is 1.70 bits per heavy atom. The Morgan fingerprint density at radius 1 is 1.00 bits per heavy atom.